The molecule has 0 unspecified atom stereocenters. The fourth-order valence-corrected chi connectivity index (χ4v) is 3.00. The number of aryl methyl sites for hydroxylation is 1. The topological polar surface area (TPSA) is 43.4 Å². The van der Waals surface area contributed by atoms with Gasteiger partial charge in [-0.05, 0) is 25.1 Å². The number of rotatable bonds is 3. The van der Waals surface area contributed by atoms with E-state index in [1.54, 1.807) is 12.1 Å². The second-order valence-electron chi connectivity index (χ2n) is 4.05. The largest absolute Gasteiger partial charge is 0.377 e. The van der Waals surface area contributed by atoms with Crippen LogP contribution in [0.4, 0.5) is 0 Å². The van der Waals surface area contributed by atoms with Crippen molar-refractivity contribution in [1.29, 1.82) is 0 Å². The smallest absolute Gasteiger partial charge is 0.339 e. The molecule has 0 saturated heterocycles. The van der Waals surface area contributed by atoms with Gasteiger partial charge >= 0.3 is 10.1 Å². The van der Waals surface area contributed by atoms with E-state index in [0.717, 1.165) is 5.56 Å². The van der Waals surface area contributed by atoms with Gasteiger partial charge < -0.3 is 4.18 Å². The third-order valence-corrected chi connectivity index (χ3v) is 4.75. The average Bonchev–Trinajstić information content (AvgIpc) is 2.36. The lowest BCUT2D eigenvalue weighted by Crippen LogP contribution is -2.10. The lowest BCUT2D eigenvalue weighted by Gasteiger charge is -2.09. The van der Waals surface area contributed by atoms with Crippen LogP contribution in [0, 0.1) is 6.92 Å². The summed E-state index contributed by atoms with van der Waals surface area (Å²) in [6, 6.07) is 8.84. The molecule has 7 heteroatoms. The Kier molecular flexibility index (Phi) is 4.49. The molecule has 2 rings (SSSR count). The maximum absolute atomic E-state index is 12.1. The molecule has 0 radical (unpaired) electrons. The third kappa shape index (κ3) is 3.38. The van der Waals surface area contributed by atoms with Crippen LogP contribution in [-0.2, 0) is 10.1 Å². The Morgan fingerprint density at radius 2 is 1.45 bits per heavy atom. The molecule has 0 aromatic heterocycles. The fraction of sp³-hybridized carbons (Fsp3) is 0.0769. The van der Waals surface area contributed by atoms with Crippen molar-refractivity contribution < 1.29 is 12.6 Å². The Balaban J connectivity index is 2.38. The van der Waals surface area contributed by atoms with E-state index >= 15 is 0 Å². The van der Waals surface area contributed by atoms with Crippen LogP contribution in [0.3, 0.4) is 0 Å². The highest BCUT2D eigenvalue weighted by Gasteiger charge is 2.19. The van der Waals surface area contributed by atoms with Crippen LogP contribution in [0.1, 0.15) is 5.56 Å². The number of hydrogen-bond donors (Lipinski definition) is 0. The zero-order chi connectivity index (χ0) is 14.9. The first kappa shape index (κ1) is 15.4. The fourth-order valence-electron chi connectivity index (χ4n) is 1.44. The quantitative estimate of drug-likeness (QED) is 0.593. The molecule has 0 atom stereocenters. The first-order chi connectivity index (χ1) is 9.29. The standard InChI is InChI=1S/C13H9Cl3O3S/c1-8-2-4-9(5-3-8)20(17,18)19-13-7-11(15)10(14)6-12(13)16/h2-7H,1H3. The van der Waals surface area contributed by atoms with E-state index in [1.165, 1.54) is 24.3 Å². The number of benzene rings is 2. The predicted octanol–water partition coefficient (Wildman–Crippen LogP) is 4.72. The summed E-state index contributed by atoms with van der Waals surface area (Å²) in [5.74, 6) is -0.0679. The first-order valence-electron chi connectivity index (χ1n) is 5.45. The highest BCUT2D eigenvalue weighted by atomic mass is 35.5. The van der Waals surface area contributed by atoms with Crippen LogP contribution in [0.15, 0.2) is 41.3 Å². The minimum Gasteiger partial charge on any atom is -0.377 e. The summed E-state index contributed by atoms with van der Waals surface area (Å²) in [5.41, 5.74) is 0.941. The van der Waals surface area contributed by atoms with E-state index in [0.29, 0.717) is 0 Å². The monoisotopic (exact) mass is 350 g/mol. The molecule has 106 valence electrons. The van der Waals surface area contributed by atoms with Gasteiger partial charge in [0.05, 0.1) is 15.1 Å². The maximum atomic E-state index is 12.1. The SMILES string of the molecule is Cc1ccc(S(=O)(=O)Oc2cc(Cl)c(Cl)cc2Cl)cc1. The van der Waals surface area contributed by atoms with E-state index in [9.17, 15) is 8.42 Å². The van der Waals surface area contributed by atoms with E-state index in [-0.39, 0.29) is 25.7 Å². The maximum Gasteiger partial charge on any atom is 0.339 e. The summed E-state index contributed by atoms with van der Waals surface area (Å²) < 4.78 is 29.2. The second-order valence-corrected chi connectivity index (χ2v) is 6.82. The minimum atomic E-state index is -3.97. The highest BCUT2D eigenvalue weighted by molar-refractivity contribution is 7.87. The van der Waals surface area contributed by atoms with Crippen molar-refractivity contribution in [2.24, 2.45) is 0 Å². The molecule has 0 amide bonds. The highest BCUT2D eigenvalue weighted by Crippen LogP contribution is 2.35. The number of halogens is 3. The molecule has 0 aliphatic heterocycles. The summed E-state index contributed by atoms with van der Waals surface area (Å²) in [6.07, 6.45) is 0. The zero-order valence-corrected chi connectivity index (χ0v) is 13.3. The normalized spacial score (nSPS) is 11.4. The summed E-state index contributed by atoms with van der Waals surface area (Å²) in [5, 5.41) is 0.442. The summed E-state index contributed by atoms with van der Waals surface area (Å²) in [7, 11) is -3.97. The lowest BCUT2D eigenvalue weighted by atomic mass is 10.2. The van der Waals surface area contributed by atoms with Gasteiger partial charge in [-0.25, -0.2) is 0 Å². The van der Waals surface area contributed by atoms with E-state index < -0.39 is 10.1 Å². The molecular formula is C13H9Cl3O3S. The van der Waals surface area contributed by atoms with Crippen molar-refractivity contribution >= 4 is 44.9 Å². The average molecular weight is 352 g/mol. The van der Waals surface area contributed by atoms with Crippen LogP contribution >= 0.6 is 34.8 Å². The van der Waals surface area contributed by atoms with Gasteiger partial charge in [0.25, 0.3) is 0 Å². The Morgan fingerprint density at radius 1 is 0.900 bits per heavy atom. The van der Waals surface area contributed by atoms with Gasteiger partial charge in [0.2, 0.25) is 0 Å². The molecule has 0 N–H and O–H groups in total. The van der Waals surface area contributed by atoms with Gasteiger partial charge in [-0.3, -0.25) is 0 Å². The lowest BCUT2D eigenvalue weighted by molar-refractivity contribution is 0.486. The Bertz CT molecular complexity index is 740. The molecule has 20 heavy (non-hydrogen) atoms. The molecule has 0 saturated carbocycles. The van der Waals surface area contributed by atoms with Crippen LogP contribution < -0.4 is 4.18 Å². The van der Waals surface area contributed by atoms with E-state index in [4.69, 9.17) is 39.0 Å². The first-order valence-corrected chi connectivity index (χ1v) is 7.99. The molecule has 3 nitrogen and oxygen atoms in total. The van der Waals surface area contributed by atoms with Crippen molar-refractivity contribution in [1.82, 2.24) is 0 Å². The summed E-state index contributed by atoms with van der Waals surface area (Å²) >= 11 is 17.5. The molecule has 2 aromatic carbocycles. The van der Waals surface area contributed by atoms with Crippen molar-refractivity contribution in [2.45, 2.75) is 11.8 Å². The van der Waals surface area contributed by atoms with Crippen LogP contribution in [0.25, 0.3) is 0 Å². The molecule has 0 fully saturated rings. The molecule has 0 aliphatic carbocycles. The van der Waals surface area contributed by atoms with Gasteiger partial charge in [-0.1, -0.05) is 52.5 Å². The molecule has 0 heterocycles. The van der Waals surface area contributed by atoms with Gasteiger partial charge in [0.1, 0.15) is 4.90 Å². The number of hydrogen-bond acceptors (Lipinski definition) is 3. The Morgan fingerprint density at radius 3 is 2.05 bits per heavy atom. The third-order valence-electron chi connectivity index (χ3n) is 2.48. The van der Waals surface area contributed by atoms with Crippen LogP contribution in [-0.4, -0.2) is 8.42 Å². The minimum absolute atomic E-state index is 0.0326. The van der Waals surface area contributed by atoms with Crippen molar-refractivity contribution in [3.8, 4) is 5.75 Å². The summed E-state index contributed by atoms with van der Waals surface area (Å²) in [6.45, 7) is 1.85. The van der Waals surface area contributed by atoms with E-state index in [2.05, 4.69) is 0 Å². The van der Waals surface area contributed by atoms with Crippen molar-refractivity contribution in [3.63, 3.8) is 0 Å². The van der Waals surface area contributed by atoms with Crippen LogP contribution in [0.5, 0.6) is 5.75 Å². The van der Waals surface area contributed by atoms with Crippen molar-refractivity contribution in [2.75, 3.05) is 0 Å². The molecule has 0 spiro atoms. The molecular weight excluding hydrogens is 343 g/mol. The van der Waals surface area contributed by atoms with Gasteiger partial charge in [-0.2, -0.15) is 8.42 Å². The second kappa shape index (κ2) is 5.82. The van der Waals surface area contributed by atoms with Crippen molar-refractivity contribution in [3.05, 3.63) is 57.0 Å². The van der Waals surface area contributed by atoms with Gasteiger partial charge in [0, 0.05) is 6.07 Å². The molecule has 2 aromatic rings. The predicted molar refractivity (Wildman–Crippen MR) is 80.5 cm³/mol. The van der Waals surface area contributed by atoms with Gasteiger partial charge in [0.15, 0.2) is 5.75 Å². The zero-order valence-electron chi connectivity index (χ0n) is 10.2. The Labute approximate surface area is 132 Å². The van der Waals surface area contributed by atoms with Crippen LogP contribution in [0.2, 0.25) is 15.1 Å². The molecule has 0 aliphatic rings. The summed E-state index contributed by atoms with van der Waals surface area (Å²) in [4.78, 5) is 0.0326. The molecule has 0 bridgehead atoms. The Hall–Kier alpha value is -0.940. The van der Waals surface area contributed by atoms with Gasteiger partial charge in [-0.15, -0.1) is 0 Å². The van der Waals surface area contributed by atoms with E-state index in [1.807, 2.05) is 6.92 Å².